The molecule has 5 rings (SSSR count). The number of hydrogen-bond acceptors (Lipinski definition) is 6. The third-order valence-electron chi connectivity index (χ3n) is 7.46. The molecule has 0 aliphatic carbocycles. The number of aliphatic hydroxyl groups is 1. The summed E-state index contributed by atoms with van der Waals surface area (Å²) < 4.78 is 11.9. The Labute approximate surface area is 275 Å². The predicted octanol–water partition coefficient (Wildman–Crippen LogP) is 7.05. The highest BCUT2D eigenvalue weighted by atomic mass is 35.6. The number of amides is 1. The van der Waals surface area contributed by atoms with Crippen LogP contribution in [-0.4, -0.2) is 26.7 Å². The third-order valence-corrected chi connectivity index (χ3v) is 9.08. The van der Waals surface area contributed by atoms with Gasteiger partial charge in [0.25, 0.3) is 14.7 Å². The second-order valence-electron chi connectivity index (χ2n) is 10.5. The highest BCUT2D eigenvalue weighted by molar-refractivity contribution is 7.99. The van der Waals surface area contributed by atoms with Gasteiger partial charge in [-0.05, 0) is 39.9 Å². The van der Waals surface area contributed by atoms with Crippen LogP contribution in [0.15, 0.2) is 102 Å². The van der Waals surface area contributed by atoms with E-state index in [9.17, 15) is 15.1 Å². The van der Waals surface area contributed by atoms with Crippen molar-refractivity contribution in [1.29, 1.82) is 0 Å². The summed E-state index contributed by atoms with van der Waals surface area (Å²) in [5, 5.41) is 25.0. The van der Waals surface area contributed by atoms with E-state index >= 15 is 0 Å². The Balaban J connectivity index is 1.35. The van der Waals surface area contributed by atoms with Crippen molar-refractivity contribution in [3.8, 4) is 11.1 Å². The molecule has 0 bridgehead atoms. The lowest BCUT2D eigenvalue weighted by Gasteiger charge is -2.41. The van der Waals surface area contributed by atoms with Crippen LogP contribution in [0.1, 0.15) is 41.6 Å². The Morgan fingerprint density at radius 2 is 1.66 bits per heavy atom. The molecular formula is C33H31Cl3N2O5S. The van der Waals surface area contributed by atoms with Gasteiger partial charge in [0.1, 0.15) is 0 Å². The quantitative estimate of drug-likeness (QED) is 0.0856. The van der Waals surface area contributed by atoms with Crippen LogP contribution in [0, 0.1) is 11.1 Å². The van der Waals surface area contributed by atoms with Gasteiger partial charge < -0.3 is 25.1 Å². The number of carbonyl (C=O) groups excluding carboxylic acids is 1. The molecule has 0 spiro atoms. The second kappa shape index (κ2) is 14.5. The SMILES string of the molecule is CC1C(CSc2cccc[n+]2[O-])OC(c2ccc(-c3cccc(CNC(=O)C(Cl)(Cl)Cl)c3)cc2)OC1c1ccc(CO)cc1. The van der Waals surface area contributed by atoms with E-state index in [1.807, 2.05) is 78.9 Å². The van der Waals surface area contributed by atoms with Crippen molar-refractivity contribution in [3.05, 3.63) is 125 Å². The van der Waals surface area contributed by atoms with Crippen molar-refractivity contribution in [2.75, 3.05) is 5.75 Å². The van der Waals surface area contributed by atoms with Crippen LogP contribution < -0.4 is 10.0 Å². The van der Waals surface area contributed by atoms with Crippen molar-refractivity contribution < 1.29 is 24.1 Å². The summed E-state index contributed by atoms with van der Waals surface area (Å²) in [6, 6.07) is 28.8. The van der Waals surface area contributed by atoms with E-state index in [0.29, 0.717) is 10.8 Å². The maximum Gasteiger partial charge on any atom is 0.272 e. The van der Waals surface area contributed by atoms with Gasteiger partial charge >= 0.3 is 0 Å². The number of carbonyl (C=O) groups is 1. The molecule has 44 heavy (non-hydrogen) atoms. The molecule has 1 amide bonds. The van der Waals surface area contributed by atoms with Crippen LogP contribution >= 0.6 is 46.6 Å². The molecule has 1 aliphatic rings. The van der Waals surface area contributed by atoms with Gasteiger partial charge in [0.2, 0.25) is 0 Å². The van der Waals surface area contributed by atoms with Crippen LogP contribution in [0.25, 0.3) is 11.1 Å². The monoisotopic (exact) mass is 672 g/mol. The Hall–Kier alpha value is -2.82. The first-order chi connectivity index (χ1) is 21.1. The summed E-state index contributed by atoms with van der Waals surface area (Å²) in [7, 11) is 0. The molecule has 230 valence electrons. The van der Waals surface area contributed by atoms with Crippen molar-refractivity contribution >= 4 is 52.5 Å². The lowest BCUT2D eigenvalue weighted by Crippen LogP contribution is -2.39. The smallest absolute Gasteiger partial charge is 0.272 e. The summed E-state index contributed by atoms with van der Waals surface area (Å²) in [5.74, 6) is -0.126. The molecular weight excluding hydrogens is 643 g/mol. The van der Waals surface area contributed by atoms with Crippen LogP contribution in [0.2, 0.25) is 0 Å². The summed E-state index contributed by atoms with van der Waals surface area (Å²) in [5.41, 5.74) is 5.47. The maximum absolute atomic E-state index is 12.3. The molecule has 7 nitrogen and oxygen atoms in total. The Bertz CT molecular complexity index is 1570. The van der Waals surface area contributed by atoms with Crippen LogP contribution in [0.4, 0.5) is 0 Å². The molecule has 2 N–H and O–H groups in total. The van der Waals surface area contributed by atoms with E-state index in [-0.39, 0.29) is 31.3 Å². The summed E-state index contributed by atoms with van der Waals surface area (Å²) in [6.45, 7) is 2.28. The largest absolute Gasteiger partial charge is 0.618 e. The highest BCUT2D eigenvalue weighted by Gasteiger charge is 2.38. The fraction of sp³-hybridized carbons (Fsp3) is 0.273. The van der Waals surface area contributed by atoms with E-state index in [2.05, 4.69) is 12.2 Å². The zero-order chi connectivity index (χ0) is 31.3. The number of nitrogens with zero attached hydrogens (tertiary/aromatic N) is 1. The van der Waals surface area contributed by atoms with Gasteiger partial charge in [0.15, 0.2) is 12.5 Å². The Kier molecular flexibility index (Phi) is 10.7. The summed E-state index contributed by atoms with van der Waals surface area (Å²) in [4.78, 5) is 11.9. The standard InChI is InChI=1S/C33H31Cl3N2O5S/c1-21-28(20-44-29-7-2-3-16-38(29)41)42-31(43-30(21)25-10-8-22(19-39)9-11-25)26-14-12-24(13-15-26)27-6-4-5-23(17-27)18-37-32(40)33(34,35)36/h2-17,21,28,30-31,39H,18-20H2,1H3,(H,37,40). The van der Waals surface area contributed by atoms with Gasteiger partial charge in [-0.3, -0.25) is 4.79 Å². The number of halogens is 3. The lowest BCUT2D eigenvalue weighted by atomic mass is 9.91. The van der Waals surface area contributed by atoms with E-state index in [4.69, 9.17) is 44.3 Å². The van der Waals surface area contributed by atoms with E-state index < -0.39 is 16.0 Å². The maximum atomic E-state index is 12.3. The van der Waals surface area contributed by atoms with Crippen molar-refractivity contribution in [3.63, 3.8) is 0 Å². The van der Waals surface area contributed by atoms with Gasteiger partial charge in [-0.15, -0.1) is 0 Å². The fourth-order valence-corrected chi connectivity index (χ4v) is 6.26. The molecule has 1 fully saturated rings. The second-order valence-corrected chi connectivity index (χ2v) is 13.8. The molecule has 0 radical (unpaired) electrons. The number of aromatic nitrogens is 1. The topological polar surface area (TPSA) is 94.7 Å². The van der Waals surface area contributed by atoms with E-state index in [1.54, 1.807) is 12.1 Å². The number of ether oxygens (including phenoxy) is 2. The molecule has 3 aromatic carbocycles. The number of pyridine rings is 1. The number of hydrogen-bond donors (Lipinski definition) is 2. The minimum Gasteiger partial charge on any atom is -0.618 e. The first-order valence-electron chi connectivity index (χ1n) is 14.0. The highest BCUT2D eigenvalue weighted by Crippen LogP contribution is 2.43. The third kappa shape index (κ3) is 8.06. The number of benzene rings is 3. The average Bonchev–Trinajstić information content (AvgIpc) is 3.03. The minimum atomic E-state index is -2.02. The Morgan fingerprint density at radius 1 is 0.932 bits per heavy atom. The molecule has 11 heteroatoms. The fourth-order valence-electron chi connectivity index (χ4n) is 4.98. The lowest BCUT2D eigenvalue weighted by molar-refractivity contribution is -0.645. The number of nitrogens with one attached hydrogen (secondary N) is 1. The summed E-state index contributed by atoms with van der Waals surface area (Å²) >= 11 is 18.4. The van der Waals surface area contributed by atoms with Gasteiger partial charge in [-0.1, -0.05) is 120 Å². The minimum absolute atomic E-state index is 0.00777. The van der Waals surface area contributed by atoms with Gasteiger partial charge in [0.05, 0.1) is 18.8 Å². The van der Waals surface area contributed by atoms with Crippen LogP contribution in [0.3, 0.4) is 0 Å². The van der Waals surface area contributed by atoms with Crippen LogP contribution in [-0.2, 0) is 27.4 Å². The van der Waals surface area contributed by atoms with Gasteiger partial charge in [-0.25, -0.2) is 0 Å². The molecule has 4 unspecified atom stereocenters. The van der Waals surface area contributed by atoms with Crippen LogP contribution in [0.5, 0.6) is 0 Å². The first-order valence-corrected chi connectivity index (χ1v) is 16.1. The number of aliphatic hydroxyl groups excluding tert-OH is 1. The van der Waals surface area contributed by atoms with Gasteiger partial charge in [0, 0.05) is 35.9 Å². The number of alkyl halides is 3. The Morgan fingerprint density at radius 3 is 2.34 bits per heavy atom. The zero-order valence-electron chi connectivity index (χ0n) is 23.7. The number of rotatable bonds is 9. The molecule has 1 saturated heterocycles. The normalized spacial score (nSPS) is 20.3. The van der Waals surface area contributed by atoms with E-state index in [0.717, 1.165) is 38.1 Å². The number of thioether (sulfide) groups is 1. The molecule has 4 aromatic rings. The molecule has 0 saturated carbocycles. The summed E-state index contributed by atoms with van der Waals surface area (Å²) in [6.07, 6.45) is 0.386. The van der Waals surface area contributed by atoms with Gasteiger partial charge in [-0.2, -0.15) is 4.73 Å². The van der Waals surface area contributed by atoms with Crippen molar-refractivity contribution in [2.45, 2.75) is 47.4 Å². The van der Waals surface area contributed by atoms with Crippen molar-refractivity contribution in [2.24, 2.45) is 5.92 Å². The predicted molar refractivity (Wildman–Crippen MR) is 173 cm³/mol. The zero-order valence-corrected chi connectivity index (χ0v) is 26.8. The molecule has 2 heterocycles. The molecule has 4 atom stereocenters. The molecule has 1 aliphatic heterocycles. The molecule has 1 aromatic heterocycles. The first kappa shape index (κ1) is 32.6. The van der Waals surface area contributed by atoms with Crippen molar-refractivity contribution in [1.82, 2.24) is 5.32 Å². The average molecular weight is 674 g/mol. The van der Waals surface area contributed by atoms with E-state index in [1.165, 1.54) is 18.0 Å².